The molecular formula is C24H23F2N3O5. The Kier molecular flexibility index (Phi) is 7.09. The second kappa shape index (κ2) is 9.82. The van der Waals surface area contributed by atoms with Gasteiger partial charge in [0.1, 0.15) is 11.6 Å². The number of aryl methyl sites for hydroxylation is 1. The van der Waals surface area contributed by atoms with Gasteiger partial charge >= 0.3 is 12.0 Å². The summed E-state index contributed by atoms with van der Waals surface area (Å²) >= 11 is 0. The molecule has 0 fully saturated rings. The van der Waals surface area contributed by atoms with Crippen LogP contribution >= 0.6 is 0 Å². The van der Waals surface area contributed by atoms with E-state index in [4.69, 9.17) is 0 Å². The Morgan fingerprint density at radius 1 is 1.12 bits per heavy atom. The predicted molar refractivity (Wildman–Crippen MR) is 119 cm³/mol. The highest BCUT2D eigenvalue weighted by Gasteiger charge is 2.34. The number of likely N-dealkylation sites (N-methyl/N-ethyl adjacent to an activating group) is 1. The van der Waals surface area contributed by atoms with Crippen LogP contribution in [0.4, 0.5) is 13.6 Å². The van der Waals surface area contributed by atoms with Crippen LogP contribution in [-0.4, -0.2) is 46.8 Å². The first-order chi connectivity index (χ1) is 16.0. The zero-order valence-electron chi connectivity index (χ0n) is 18.7. The van der Waals surface area contributed by atoms with Gasteiger partial charge in [-0.15, -0.1) is 0 Å². The first kappa shape index (κ1) is 24.6. The molecule has 2 aromatic carbocycles. The van der Waals surface area contributed by atoms with Crippen LogP contribution in [0.1, 0.15) is 30.5 Å². The number of carbonyl (C=O) groups is 4. The molecule has 10 heteroatoms. The maximum Gasteiger partial charge on any atom is 0.316 e. The smallest absolute Gasteiger partial charge is 0.316 e. The number of allylic oxidation sites excluding steroid dienone is 1. The average Bonchev–Trinajstić information content (AvgIpc) is 2.74. The van der Waals surface area contributed by atoms with Gasteiger partial charge in [0.25, 0.3) is 5.91 Å². The van der Waals surface area contributed by atoms with E-state index in [0.717, 1.165) is 12.1 Å². The summed E-state index contributed by atoms with van der Waals surface area (Å²) in [6, 6.07) is 4.43. The number of carbonyl (C=O) groups excluding carboxylic acids is 3. The fraction of sp³-hybridized carbons (Fsp3) is 0.250. The number of carboxylic acid groups (broad SMARTS) is 1. The third-order valence-corrected chi connectivity index (χ3v) is 5.45. The number of urea groups is 1. The van der Waals surface area contributed by atoms with Crippen molar-refractivity contribution in [3.05, 3.63) is 70.9 Å². The third kappa shape index (κ3) is 5.45. The van der Waals surface area contributed by atoms with Gasteiger partial charge in [-0.1, -0.05) is 17.7 Å². The Balaban J connectivity index is 1.88. The highest BCUT2D eigenvalue weighted by molar-refractivity contribution is 6.14. The molecule has 0 spiro atoms. The maximum atomic E-state index is 14.3. The average molecular weight is 471 g/mol. The number of amides is 3. The van der Waals surface area contributed by atoms with Crippen molar-refractivity contribution in [2.45, 2.75) is 32.4 Å². The van der Waals surface area contributed by atoms with Gasteiger partial charge in [0.2, 0.25) is 0 Å². The molecule has 3 amide bonds. The summed E-state index contributed by atoms with van der Waals surface area (Å²) < 4.78 is 27.6. The summed E-state index contributed by atoms with van der Waals surface area (Å²) in [5.74, 6) is -3.98. The lowest BCUT2D eigenvalue weighted by Crippen LogP contribution is -2.56. The Hall–Kier alpha value is -4.08. The van der Waals surface area contributed by atoms with Crippen LogP contribution in [0.3, 0.4) is 0 Å². The number of ketones is 1. The standard InChI is InChI=1S/C24H23F2N3O5/c1-12-6-14(17-5-4-16(25)10-18(17)26)9-15(7-12)19(11-21(31)32)27-24(34)28-22-20(30)8-13(2)29(3)23(22)33/h4-10,19,22H,11H2,1-3H3,(H,31,32)(H2,27,28,34)/t19-,22?/m0/s1. The molecule has 1 heterocycles. The quantitative estimate of drug-likeness (QED) is 0.560. The molecule has 1 unspecified atom stereocenters. The van der Waals surface area contributed by atoms with Gasteiger partial charge in [-0.2, -0.15) is 0 Å². The van der Waals surface area contributed by atoms with Gasteiger partial charge in [0, 0.05) is 30.5 Å². The summed E-state index contributed by atoms with van der Waals surface area (Å²) in [7, 11) is 1.46. The molecule has 0 saturated heterocycles. The molecule has 3 rings (SSSR count). The van der Waals surface area contributed by atoms with Gasteiger partial charge in [0.15, 0.2) is 11.8 Å². The largest absolute Gasteiger partial charge is 0.481 e. The monoisotopic (exact) mass is 471 g/mol. The van der Waals surface area contributed by atoms with Crippen molar-refractivity contribution >= 4 is 23.7 Å². The number of carboxylic acids is 1. The molecule has 3 N–H and O–H groups in total. The summed E-state index contributed by atoms with van der Waals surface area (Å²) in [6.07, 6.45) is 0.707. The number of hydrogen-bond acceptors (Lipinski definition) is 4. The van der Waals surface area contributed by atoms with Crippen molar-refractivity contribution in [1.29, 1.82) is 0 Å². The molecule has 0 bridgehead atoms. The number of halogens is 2. The van der Waals surface area contributed by atoms with Gasteiger partial charge in [0.05, 0.1) is 12.5 Å². The van der Waals surface area contributed by atoms with E-state index in [-0.39, 0.29) is 5.56 Å². The van der Waals surface area contributed by atoms with E-state index in [2.05, 4.69) is 10.6 Å². The van der Waals surface area contributed by atoms with Crippen LogP contribution in [-0.2, 0) is 14.4 Å². The van der Waals surface area contributed by atoms with Crippen molar-refractivity contribution in [3.8, 4) is 11.1 Å². The van der Waals surface area contributed by atoms with E-state index in [9.17, 15) is 33.1 Å². The maximum absolute atomic E-state index is 14.3. The van der Waals surface area contributed by atoms with Gasteiger partial charge < -0.3 is 20.6 Å². The zero-order chi connectivity index (χ0) is 25.2. The van der Waals surface area contributed by atoms with Crippen molar-refractivity contribution < 1.29 is 33.1 Å². The highest BCUT2D eigenvalue weighted by Crippen LogP contribution is 2.29. The predicted octanol–water partition coefficient (Wildman–Crippen LogP) is 3.07. The molecule has 0 aromatic heterocycles. The van der Waals surface area contributed by atoms with Crippen LogP contribution in [0.2, 0.25) is 0 Å². The van der Waals surface area contributed by atoms with Crippen molar-refractivity contribution in [3.63, 3.8) is 0 Å². The molecule has 2 aromatic rings. The Morgan fingerprint density at radius 3 is 2.47 bits per heavy atom. The Labute approximate surface area is 194 Å². The molecule has 0 radical (unpaired) electrons. The molecule has 0 aliphatic carbocycles. The summed E-state index contributed by atoms with van der Waals surface area (Å²) in [6.45, 7) is 3.28. The van der Waals surface area contributed by atoms with Crippen molar-refractivity contribution in [2.75, 3.05) is 7.05 Å². The van der Waals surface area contributed by atoms with Gasteiger partial charge in [-0.3, -0.25) is 14.4 Å². The number of benzene rings is 2. The molecule has 34 heavy (non-hydrogen) atoms. The molecule has 178 valence electrons. The third-order valence-electron chi connectivity index (χ3n) is 5.45. The normalized spacial score (nSPS) is 16.7. The second-order valence-electron chi connectivity index (χ2n) is 8.04. The van der Waals surface area contributed by atoms with Gasteiger partial charge in [-0.05, 0) is 43.2 Å². The first-order valence-corrected chi connectivity index (χ1v) is 10.3. The number of nitrogens with one attached hydrogen (secondary N) is 2. The number of hydrogen-bond donors (Lipinski definition) is 3. The van der Waals surface area contributed by atoms with Crippen LogP contribution in [0.25, 0.3) is 11.1 Å². The minimum Gasteiger partial charge on any atom is -0.481 e. The topological polar surface area (TPSA) is 116 Å². The van der Waals surface area contributed by atoms with E-state index >= 15 is 0 Å². The number of rotatable bonds is 6. The van der Waals surface area contributed by atoms with Crippen LogP contribution in [0.5, 0.6) is 0 Å². The lowest BCUT2D eigenvalue weighted by molar-refractivity contribution is -0.138. The van der Waals surface area contributed by atoms with E-state index in [1.807, 2.05) is 0 Å². The summed E-state index contributed by atoms with van der Waals surface area (Å²) in [5.41, 5.74) is 1.90. The zero-order valence-corrected chi connectivity index (χ0v) is 18.7. The van der Waals surface area contributed by atoms with E-state index in [0.29, 0.717) is 22.4 Å². The summed E-state index contributed by atoms with van der Waals surface area (Å²) in [5, 5.41) is 14.1. The number of nitrogens with zero attached hydrogens (tertiary/aromatic N) is 1. The lowest BCUT2D eigenvalue weighted by atomic mass is 9.95. The Morgan fingerprint density at radius 2 is 1.82 bits per heavy atom. The fourth-order valence-corrected chi connectivity index (χ4v) is 3.66. The minimum absolute atomic E-state index is 0.105. The molecular weight excluding hydrogens is 448 g/mol. The van der Waals surface area contributed by atoms with E-state index in [1.165, 1.54) is 30.2 Å². The van der Waals surface area contributed by atoms with Crippen LogP contribution < -0.4 is 10.6 Å². The molecule has 1 aliphatic rings. The minimum atomic E-state index is -1.44. The second-order valence-corrected chi connectivity index (χ2v) is 8.04. The molecule has 2 atom stereocenters. The Bertz CT molecular complexity index is 1210. The molecule has 0 saturated carbocycles. The van der Waals surface area contributed by atoms with Crippen molar-refractivity contribution in [1.82, 2.24) is 15.5 Å². The number of aliphatic carboxylic acids is 1. The van der Waals surface area contributed by atoms with E-state index in [1.54, 1.807) is 26.0 Å². The first-order valence-electron chi connectivity index (χ1n) is 10.3. The highest BCUT2D eigenvalue weighted by atomic mass is 19.1. The van der Waals surface area contributed by atoms with Crippen LogP contribution in [0.15, 0.2) is 48.2 Å². The van der Waals surface area contributed by atoms with Crippen LogP contribution in [0, 0.1) is 18.6 Å². The summed E-state index contributed by atoms with van der Waals surface area (Å²) in [4.78, 5) is 49.9. The lowest BCUT2D eigenvalue weighted by Gasteiger charge is -2.28. The molecule has 8 nitrogen and oxygen atoms in total. The van der Waals surface area contributed by atoms with Gasteiger partial charge in [-0.25, -0.2) is 13.6 Å². The fourth-order valence-electron chi connectivity index (χ4n) is 3.66. The van der Waals surface area contributed by atoms with E-state index < -0.39 is 53.8 Å². The van der Waals surface area contributed by atoms with Crippen molar-refractivity contribution in [2.24, 2.45) is 0 Å². The SMILES string of the molecule is CC1=CC(=O)C(NC(=O)N[C@@H](CC(=O)O)c2cc(C)cc(-c3ccc(F)cc3F)c2)C(=O)N1C. The molecule has 1 aliphatic heterocycles.